The number of rotatable bonds is 3. The van der Waals surface area contributed by atoms with E-state index in [2.05, 4.69) is 5.10 Å². The van der Waals surface area contributed by atoms with Crippen LogP contribution in [0.5, 0.6) is 0 Å². The fraction of sp³-hybridized carbons (Fsp3) is 0.333. The van der Waals surface area contributed by atoms with Crippen LogP contribution >= 0.6 is 0 Å². The maximum atomic E-state index is 14.0. The lowest BCUT2D eigenvalue weighted by Gasteiger charge is -2.05. The summed E-state index contributed by atoms with van der Waals surface area (Å²) in [6.45, 7) is 2.81. The molecule has 0 aliphatic carbocycles. The van der Waals surface area contributed by atoms with Gasteiger partial charge in [-0.05, 0) is 31.9 Å². The maximum Gasteiger partial charge on any atom is 0.342 e. The second-order valence-corrected chi connectivity index (χ2v) is 4.70. The molecule has 0 saturated carbocycles. The lowest BCUT2D eigenvalue weighted by molar-refractivity contribution is 0.0526. The molecule has 2 heterocycles. The summed E-state index contributed by atoms with van der Waals surface area (Å²) in [5, 5.41) is 4.40. The van der Waals surface area contributed by atoms with Gasteiger partial charge in [-0.15, -0.1) is 0 Å². The molecule has 0 N–H and O–H groups in total. The second-order valence-electron chi connectivity index (χ2n) is 4.70. The summed E-state index contributed by atoms with van der Waals surface area (Å²) >= 11 is 0. The van der Waals surface area contributed by atoms with E-state index in [9.17, 15) is 9.18 Å². The van der Waals surface area contributed by atoms with Gasteiger partial charge in [-0.2, -0.15) is 5.10 Å². The monoisotopic (exact) mass is 274 g/mol. The van der Waals surface area contributed by atoms with Crippen molar-refractivity contribution in [3.63, 3.8) is 0 Å². The van der Waals surface area contributed by atoms with E-state index in [4.69, 9.17) is 4.74 Å². The zero-order chi connectivity index (χ0) is 14.1. The van der Waals surface area contributed by atoms with Crippen molar-refractivity contribution in [3.8, 4) is 11.3 Å². The van der Waals surface area contributed by atoms with Crippen LogP contribution in [0.15, 0.2) is 24.3 Å². The topological polar surface area (TPSA) is 44.1 Å². The molecule has 2 aromatic rings. The fourth-order valence-electron chi connectivity index (χ4n) is 2.59. The number of hydrogen-bond acceptors (Lipinski definition) is 3. The van der Waals surface area contributed by atoms with E-state index in [1.807, 2.05) is 0 Å². The maximum absolute atomic E-state index is 14.0. The SMILES string of the molecule is CCOC(=O)c1c(-c2ccccc2F)nn2c1CCC2. The Kier molecular flexibility index (Phi) is 3.26. The van der Waals surface area contributed by atoms with Gasteiger partial charge >= 0.3 is 5.97 Å². The number of aryl methyl sites for hydroxylation is 1. The smallest absolute Gasteiger partial charge is 0.342 e. The quantitative estimate of drug-likeness (QED) is 0.808. The van der Waals surface area contributed by atoms with Crippen LogP contribution in [-0.2, 0) is 17.7 Å². The lowest BCUT2D eigenvalue weighted by atomic mass is 10.0. The number of fused-ring (bicyclic) bond motifs is 1. The Bertz CT molecular complexity index is 664. The molecule has 0 fully saturated rings. The van der Waals surface area contributed by atoms with Gasteiger partial charge in [0.1, 0.15) is 17.1 Å². The molecule has 0 saturated heterocycles. The summed E-state index contributed by atoms with van der Waals surface area (Å²) in [5.41, 5.74) is 1.99. The summed E-state index contributed by atoms with van der Waals surface area (Å²) in [4.78, 5) is 12.2. The number of carbonyl (C=O) groups is 1. The Hall–Kier alpha value is -2.17. The molecule has 1 aromatic heterocycles. The van der Waals surface area contributed by atoms with Gasteiger partial charge in [0.15, 0.2) is 0 Å². The molecule has 104 valence electrons. The zero-order valence-corrected chi connectivity index (χ0v) is 11.2. The molecule has 4 nitrogen and oxygen atoms in total. The number of benzene rings is 1. The highest BCUT2D eigenvalue weighted by molar-refractivity contribution is 5.97. The number of halogens is 1. The van der Waals surface area contributed by atoms with Gasteiger partial charge in [-0.3, -0.25) is 4.68 Å². The number of carbonyl (C=O) groups excluding carboxylic acids is 1. The first kappa shape index (κ1) is 12.8. The van der Waals surface area contributed by atoms with Crippen LogP contribution in [0, 0.1) is 5.82 Å². The Balaban J connectivity index is 2.16. The van der Waals surface area contributed by atoms with Gasteiger partial charge < -0.3 is 4.74 Å². The molecule has 1 aromatic carbocycles. The number of hydrogen-bond donors (Lipinski definition) is 0. The van der Waals surface area contributed by atoms with Crippen molar-refractivity contribution in [1.29, 1.82) is 0 Å². The normalized spacial score (nSPS) is 13.3. The van der Waals surface area contributed by atoms with Crippen molar-refractivity contribution in [1.82, 2.24) is 9.78 Å². The Morgan fingerprint density at radius 2 is 2.25 bits per heavy atom. The standard InChI is InChI=1S/C15H15FN2O2/c1-2-20-15(19)13-12-8-5-9-18(12)17-14(13)10-6-3-4-7-11(10)16/h3-4,6-7H,2,5,8-9H2,1H3. The van der Waals surface area contributed by atoms with Gasteiger partial charge in [-0.25, -0.2) is 9.18 Å². The van der Waals surface area contributed by atoms with E-state index in [1.165, 1.54) is 6.07 Å². The van der Waals surface area contributed by atoms with Crippen LogP contribution in [0.4, 0.5) is 4.39 Å². The van der Waals surface area contributed by atoms with Crippen LogP contribution in [0.25, 0.3) is 11.3 Å². The molecule has 0 spiro atoms. The lowest BCUT2D eigenvalue weighted by Crippen LogP contribution is -2.08. The Labute approximate surface area is 116 Å². The Morgan fingerprint density at radius 3 is 3.00 bits per heavy atom. The number of ether oxygens (including phenoxy) is 1. The number of aromatic nitrogens is 2. The highest BCUT2D eigenvalue weighted by atomic mass is 19.1. The average molecular weight is 274 g/mol. The first-order valence-corrected chi connectivity index (χ1v) is 6.74. The molecular formula is C15H15FN2O2. The van der Waals surface area contributed by atoms with Gasteiger partial charge in [0.25, 0.3) is 0 Å². The zero-order valence-electron chi connectivity index (χ0n) is 11.2. The van der Waals surface area contributed by atoms with Crippen LogP contribution in [0.1, 0.15) is 29.4 Å². The third kappa shape index (κ3) is 1.99. The third-order valence-electron chi connectivity index (χ3n) is 3.45. The van der Waals surface area contributed by atoms with Crippen molar-refractivity contribution in [2.45, 2.75) is 26.3 Å². The molecule has 0 atom stereocenters. The third-order valence-corrected chi connectivity index (χ3v) is 3.45. The van der Waals surface area contributed by atoms with E-state index in [0.29, 0.717) is 23.4 Å². The van der Waals surface area contributed by atoms with Crippen molar-refractivity contribution in [2.75, 3.05) is 6.61 Å². The van der Waals surface area contributed by atoms with Gasteiger partial charge in [-0.1, -0.05) is 12.1 Å². The summed E-state index contributed by atoms with van der Waals surface area (Å²) in [7, 11) is 0. The van der Waals surface area contributed by atoms with E-state index in [1.54, 1.807) is 29.8 Å². The molecule has 0 amide bonds. The highest BCUT2D eigenvalue weighted by Gasteiger charge is 2.29. The summed E-state index contributed by atoms with van der Waals surface area (Å²) in [5.74, 6) is -0.802. The van der Waals surface area contributed by atoms with Crippen LogP contribution < -0.4 is 0 Å². The molecule has 3 rings (SSSR count). The molecule has 0 unspecified atom stereocenters. The first-order valence-electron chi connectivity index (χ1n) is 6.74. The molecule has 5 heteroatoms. The first-order chi connectivity index (χ1) is 9.72. The van der Waals surface area contributed by atoms with Crippen LogP contribution in [0.2, 0.25) is 0 Å². The molecule has 1 aliphatic heterocycles. The summed E-state index contributed by atoms with van der Waals surface area (Å²) < 4.78 is 20.9. The second kappa shape index (κ2) is 5.07. The average Bonchev–Trinajstić information content (AvgIpc) is 2.99. The van der Waals surface area contributed by atoms with Gasteiger partial charge in [0.05, 0.1) is 12.3 Å². The summed E-state index contributed by atoms with van der Waals surface area (Å²) in [6.07, 6.45) is 1.72. The number of nitrogens with zero attached hydrogens (tertiary/aromatic N) is 2. The van der Waals surface area contributed by atoms with E-state index >= 15 is 0 Å². The van der Waals surface area contributed by atoms with Crippen molar-refractivity contribution in [2.24, 2.45) is 0 Å². The predicted octanol–water partition coefficient (Wildman–Crippen LogP) is 2.81. The molecule has 0 bridgehead atoms. The minimum Gasteiger partial charge on any atom is -0.462 e. The van der Waals surface area contributed by atoms with Crippen LogP contribution in [-0.4, -0.2) is 22.4 Å². The van der Waals surface area contributed by atoms with E-state index in [0.717, 1.165) is 25.1 Å². The highest BCUT2D eigenvalue weighted by Crippen LogP contribution is 2.31. The minimum atomic E-state index is -0.422. The summed E-state index contributed by atoms with van der Waals surface area (Å²) in [6, 6.07) is 6.36. The largest absolute Gasteiger partial charge is 0.462 e. The van der Waals surface area contributed by atoms with Gasteiger partial charge in [0, 0.05) is 12.1 Å². The van der Waals surface area contributed by atoms with Crippen LogP contribution in [0.3, 0.4) is 0 Å². The van der Waals surface area contributed by atoms with Crippen molar-refractivity contribution >= 4 is 5.97 Å². The van der Waals surface area contributed by atoms with Crippen molar-refractivity contribution in [3.05, 3.63) is 41.3 Å². The molecule has 1 aliphatic rings. The van der Waals surface area contributed by atoms with Gasteiger partial charge in [0.2, 0.25) is 0 Å². The fourth-order valence-corrected chi connectivity index (χ4v) is 2.59. The molecule has 20 heavy (non-hydrogen) atoms. The van der Waals surface area contributed by atoms with E-state index in [-0.39, 0.29) is 5.82 Å². The van der Waals surface area contributed by atoms with Crippen molar-refractivity contribution < 1.29 is 13.9 Å². The minimum absolute atomic E-state index is 0.292. The molecular weight excluding hydrogens is 259 g/mol. The predicted molar refractivity (Wildman–Crippen MR) is 71.9 cm³/mol. The Morgan fingerprint density at radius 1 is 1.45 bits per heavy atom. The van der Waals surface area contributed by atoms with E-state index < -0.39 is 5.97 Å². The number of esters is 1. The molecule has 0 radical (unpaired) electrons.